The average molecular weight is 490 g/mol. The van der Waals surface area contributed by atoms with E-state index < -0.39 is 0 Å². The fraction of sp³-hybridized carbons (Fsp3) is 0.286. The number of amides is 1. The predicted molar refractivity (Wildman–Crippen MR) is 139 cm³/mol. The number of fused-ring (bicyclic) bond motifs is 1. The summed E-state index contributed by atoms with van der Waals surface area (Å²) < 4.78 is 13.9. The van der Waals surface area contributed by atoms with Crippen molar-refractivity contribution in [1.29, 1.82) is 0 Å². The Labute approximate surface area is 210 Å². The summed E-state index contributed by atoms with van der Waals surface area (Å²) in [6, 6.07) is 23.3. The molecule has 180 valence electrons. The molecular formula is C28H28ClN3O3. The van der Waals surface area contributed by atoms with Crippen molar-refractivity contribution >= 4 is 34.2 Å². The van der Waals surface area contributed by atoms with Gasteiger partial charge in [0.25, 0.3) is 0 Å². The van der Waals surface area contributed by atoms with Crippen LogP contribution in [0.5, 0.6) is 11.5 Å². The van der Waals surface area contributed by atoms with Gasteiger partial charge in [-0.25, -0.2) is 4.98 Å². The Hall–Kier alpha value is -3.51. The fourth-order valence-corrected chi connectivity index (χ4v) is 4.87. The van der Waals surface area contributed by atoms with Crippen LogP contribution in [0.2, 0.25) is 5.02 Å². The third kappa shape index (κ3) is 4.84. The number of ether oxygens (including phenoxy) is 2. The molecule has 1 amide bonds. The summed E-state index contributed by atoms with van der Waals surface area (Å²) in [5, 5.41) is 0.609. The van der Waals surface area contributed by atoms with Crippen molar-refractivity contribution in [2.24, 2.45) is 0 Å². The molecule has 0 N–H and O–H groups in total. The third-order valence-electron chi connectivity index (χ3n) is 6.25. The quantitative estimate of drug-likeness (QED) is 0.267. The summed E-state index contributed by atoms with van der Waals surface area (Å²) in [5.41, 5.74) is 2.83. The van der Waals surface area contributed by atoms with Crippen molar-refractivity contribution < 1.29 is 14.3 Å². The second-order valence-corrected chi connectivity index (χ2v) is 8.96. The molecule has 7 heteroatoms. The van der Waals surface area contributed by atoms with E-state index in [1.807, 2.05) is 78.6 Å². The summed E-state index contributed by atoms with van der Waals surface area (Å²) in [6.45, 7) is 4.34. The van der Waals surface area contributed by atoms with Crippen LogP contribution in [0.4, 0.5) is 5.69 Å². The van der Waals surface area contributed by atoms with Crippen LogP contribution in [0.15, 0.2) is 72.8 Å². The monoisotopic (exact) mass is 489 g/mol. The van der Waals surface area contributed by atoms with E-state index in [0.29, 0.717) is 37.0 Å². The molecular weight excluding hydrogens is 462 g/mol. The Kier molecular flexibility index (Phi) is 6.91. The average Bonchev–Trinajstić information content (AvgIpc) is 3.44. The molecule has 6 nitrogen and oxygen atoms in total. The fourth-order valence-electron chi connectivity index (χ4n) is 4.68. The van der Waals surface area contributed by atoms with Crippen LogP contribution in [0.1, 0.15) is 31.5 Å². The highest BCUT2D eigenvalue weighted by atomic mass is 35.5. The number of benzene rings is 3. The lowest BCUT2D eigenvalue weighted by Crippen LogP contribution is -2.25. The topological polar surface area (TPSA) is 56.6 Å². The summed E-state index contributed by atoms with van der Waals surface area (Å²) in [7, 11) is 0. The summed E-state index contributed by atoms with van der Waals surface area (Å²) in [5.74, 6) is 2.44. The van der Waals surface area contributed by atoms with E-state index in [-0.39, 0.29) is 11.8 Å². The molecule has 0 saturated carbocycles. The van der Waals surface area contributed by atoms with Gasteiger partial charge in [0.05, 0.1) is 35.0 Å². The van der Waals surface area contributed by atoms with E-state index in [9.17, 15) is 4.79 Å². The maximum atomic E-state index is 13.1. The molecule has 35 heavy (non-hydrogen) atoms. The van der Waals surface area contributed by atoms with Crippen LogP contribution in [-0.4, -0.2) is 35.2 Å². The Morgan fingerprint density at radius 2 is 1.71 bits per heavy atom. The standard InChI is InChI=1S/C28H28ClN3O3/c1-2-34-26-15-8-6-13-24(26)32-19-20(18-27(32)33)28-30-22-11-4-5-12-23(22)31(28)16-9-17-35-25-14-7-3-10-21(25)29/h3-8,10-15,20H,2,9,16-19H2,1H3/t20-/m0/s1. The lowest BCUT2D eigenvalue weighted by Gasteiger charge is -2.20. The highest BCUT2D eigenvalue weighted by molar-refractivity contribution is 6.32. The minimum absolute atomic E-state index is 0.00549. The van der Waals surface area contributed by atoms with E-state index in [0.717, 1.165) is 41.3 Å². The Morgan fingerprint density at radius 3 is 2.54 bits per heavy atom. The van der Waals surface area contributed by atoms with Crippen LogP contribution >= 0.6 is 11.6 Å². The number of para-hydroxylation sites is 5. The molecule has 3 aromatic carbocycles. The number of carbonyl (C=O) groups excluding carboxylic acids is 1. The first-order valence-electron chi connectivity index (χ1n) is 12.0. The first kappa shape index (κ1) is 23.2. The number of rotatable bonds is 9. The molecule has 1 saturated heterocycles. The number of halogens is 1. The van der Waals surface area contributed by atoms with Crippen LogP contribution in [0, 0.1) is 0 Å². The number of aryl methyl sites for hydroxylation is 1. The van der Waals surface area contributed by atoms with E-state index in [1.54, 1.807) is 0 Å². The van der Waals surface area contributed by atoms with Gasteiger partial charge in [-0.05, 0) is 49.7 Å². The largest absolute Gasteiger partial charge is 0.492 e. The molecule has 1 fully saturated rings. The lowest BCUT2D eigenvalue weighted by molar-refractivity contribution is -0.117. The molecule has 0 spiro atoms. The minimum atomic E-state index is -0.00549. The molecule has 0 bridgehead atoms. The maximum absolute atomic E-state index is 13.1. The molecule has 1 atom stereocenters. The van der Waals surface area contributed by atoms with Crippen molar-refractivity contribution in [3.8, 4) is 11.5 Å². The predicted octanol–water partition coefficient (Wildman–Crippen LogP) is 6.08. The number of aromatic nitrogens is 2. The highest BCUT2D eigenvalue weighted by Gasteiger charge is 2.35. The second kappa shape index (κ2) is 10.4. The van der Waals surface area contributed by atoms with Crippen molar-refractivity contribution in [3.05, 3.63) is 83.6 Å². The minimum Gasteiger partial charge on any atom is -0.492 e. The number of imidazole rings is 1. The summed E-state index contributed by atoms with van der Waals surface area (Å²) >= 11 is 6.22. The van der Waals surface area contributed by atoms with E-state index in [1.165, 1.54) is 0 Å². The molecule has 0 unspecified atom stereocenters. The van der Waals surface area contributed by atoms with Crippen molar-refractivity contribution in [3.63, 3.8) is 0 Å². The first-order valence-corrected chi connectivity index (χ1v) is 12.4. The molecule has 0 aliphatic carbocycles. The Balaban J connectivity index is 1.36. The highest BCUT2D eigenvalue weighted by Crippen LogP contribution is 2.37. The number of anilines is 1. The number of nitrogens with zero attached hydrogens (tertiary/aromatic N) is 3. The molecule has 0 radical (unpaired) electrons. The summed E-state index contributed by atoms with van der Waals surface area (Å²) in [6.07, 6.45) is 1.20. The lowest BCUT2D eigenvalue weighted by atomic mass is 10.1. The first-order chi connectivity index (χ1) is 17.2. The van der Waals surface area contributed by atoms with Gasteiger partial charge < -0.3 is 18.9 Å². The SMILES string of the molecule is CCOc1ccccc1N1C[C@@H](c2nc3ccccc3n2CCCOc2ccccc2Cl)CC1=O. The van der Waals surface area contributed by atoms with Gasteiger partial charge >= 0.3 is 0 Å². The molecule has 1 aromatic heterocycles. The molecule has 5 rings (SSSR count). The number of carbonyl (C=O) groups is 1. The van der Waals surface area contributed by atoms with Gasteiger partial charge in [-0.15, -0.1) is 0 Å². The van der Waals surface area contributed by atoms with Gasteiger partial charge in [0, 0.05) is 25.4 Å². The molecule has 1 aliphatic rings. The van der Waals surface area contributed by atoms with Crippen molar-refractivity contribution in [2.75, 3.05) is 24.7 Å². The van der Waals surface area contributed by atoms with Gasteiger partial charge in [-0.1, -0.05) is 48.0 Å². The van der Waals surface area contributed by atoms with Gasteiger partial charge in [-0.2, -0.15) is 0 Å². The second-order valence-electron chi connectivity index (χ2n) is 8.55. The van der Waals surface area contributed by atoms with Crippen molar-refractivity contribution in [1.82, 2.24) is 9.55 Å². The van der Waals surface area contributed by atoms with E-state index in [4.69, 9.17) is 26.1 Å². The van der Waals surface area contributed by atoms with Crippen LogP contribution < -0.4 is 14.4 Å². The zero-order chi connectivity index (χ0) is 24.2. The van der Waals surface area contributed by atoms with Crippen LogP contribution in [-0.2, 0) is 11.3 Å². The molecule has 1 aliphatic heterocycles. The molecule has 4 aromatic rings. The third-order valence-corrected chi connectivity index (χ3v) is 6.56. The van der Waals surface area contributed by atoms with Crippen LogP contribution in [0.25, 0.3) is 11.0 Å². The zero-order valence-corrected chi connectivity index (χ0v) is 20.4. The van der Waals surface area contributed by atoms with Crippen LogP contribution in [0.3, 0.4) is 0 Å². The maximum Gasteiger partial charge on any atom is 0.227 e. The van der Waals surface area contributed by atoms with Gasteiger partial charge in [-0.3, -0.25) is 4.79 Å². The smallest absolute Gasteiger partial charge is 0.227 e. The Morgan fingerprint density at radius 1 is 0.971 bits per heavy atom. The van der Waals surface area contributed by atoms with Gasteiger partial charge in [0.1, 0.15) is 17.3 Å². The van der Waals surface area contributed by atoms with Gasteiger partial charge in [0.15, 0.2) is 0 Å². The Bertz CT molecular complexity index is 1340. The van der Waals surface area contributed by atoms with E-state index >= 15 is 0 Å². The number of hydrogen-bond acceptors (Lipinski definition) is 4. The van der Waals surface area contributed by atoms with Gasteiger partial charge in [0.2, 0.25) is 5.91 Å². The zero-order valence-electron chi connectivity index (χ0n) is 19.7. The number of hydrogen-bond donors (Lipinski definition) is 0. The normalized spacial score (nSPS) is 15.7. The summed E-state index contributed by atoms with van der Waals surface area (Å²) in [4.78, 5) is 19.9. The van der Waals surface area contributed by atoms with E-state index in [2.05, 4.69) is 10.6 Å². The molecule has 2 heterocycles. The van der Waals surface area contributed by atoms with Crippen molar-refractivity contribution in [2.45, 2.75) is 32.2 Å².